The van der Waals surface area contributed by atoms with E-state index in [1.54, 1.807) is 97.9 Å². The van der Waals surface area contributed by atoms with Gasteiger partial charge >= 0.3 is 27.3 Å². The number of hydrogen-bond donors (Lipinski definition) is 3. The first-order valence-electron chi connectivity index (χ1n) is 25.5. The highest BCUT2D eigenvalue weighted by Gasteiger charge is 2.53. The number of rotatable bonds is 9. The summed E-state index contributed by atoms with van der Waals surface area (Å²) in [5.41, 5.74) is 6.72. The number of halogens is 3. The second-order valence-electron chi connectivity index (χ2n) is 20.6. The molecule has 0 radical (unpaired) electrons. The van der Waals surface area contributed by atoms with E-state index in [1.165, 1.54) is 45.4 Å². The molecule has 3 fully saturated rings. The molecule has 15 nitrogen and oxygen atoms in total. The first-order valence-corrected chi connectivity index (χ1v) is 25.2. The van der Waals surface area contributed by atoms with Crippen LogP contribution in [0.4, 0.5) is 20.2 Å². The van der Waals surface area contributed by atoms with E-state index < -0.39 is 61.3 Å². The molecule has 3 heterocycles. The quantitative estimate of drug-likeness (QED) is 0.0713. The van der Waals surface area contributed by atoms with Gasteiger partial charge in [-0.3, -0.25) is 9.59 Å². The van der Waals surface area contributed by atoms with Crippen molar-refractivity contribution in [1.29, 1.82) is 5.26 Å². The highest BCUT2D eigenvalue weighted by Crippen LogP contribution is 2.39. The Bertz CT molecular complexity index is 2740. The van der Waals surface area contributed by atoms with Gasteiger partial charge in [-0.15, -0.1) is 0 Å². The van der Waals surface area contributed by atoms with Gasteiger partial charge in [-0.05, 0) is 160 Å². The number of carbonyl (C=O) groups excluding carboxylic acids is 2. The van der Waals surface area contributed by atoms with Gasteiger partial charge in [0, 0.05) is 19.4 Å². The normalized spacial score (nSPS) is 17.1. The van der Waals surface area contributed by atoms with Crippen molar-refractivity contribution in [2.45, 2.75) is 145 Å². The molecule has 8 rings (SSSR count). The first-order chi connectivity index (χ1) is 36.7. The SMILES string of the molecule is C.CC#N.CC1(C)OB(c2ccc(C(=O)Cl)cc2)OC1(C)C.CC1(C)OB(c2ccc(C(=O)O)cc2)OC1(C)C.COc1cccc(N)c1F.COc1cccc(NC(=O)c2ccc(B3OC(C)(C)C(C)(C)O3)cc2)c1F.[2H]CC. The maximum Gasteiger partial charge on any atom is 0.494 e. The largest absolute Gasteiger partial charge is 0.494 e. The van der Waals surface area contributed by atoms with E-state index in [0.29, 0.717) is 18.0 Å². The molecule has 3 saturated heterocycles. The molecular formula is C58H77B3ClF2N3O12. The Morgan fingerprint density at radius 2 is 0.886 bits per heavy atom. The number of carboxylic acid groups (broad SMARTS) is 1. The second kappa shape index (κ2) is 28.7. The number of methoxy groups -OCH3 is 2. The van der Waals surface area contributed by atoms with Crippen molar-refractivity contribution in [3.05, 3.63) is 138 Å². The smallest absolute Gasteiger partial charge is 0.494 e. The van der Waals surface area contributed by atoms with Crippen molar-refractivity contribution in [2.24, 2.45) is 0 Å². The number of carbonyl (C=O) groups is 3. The fraction of sp³-hybridized carbons (Fsp3) is 0.414. The van der Waals surface area contributed by atoms with Gasteiger partial charge in [0.25, 0.3) is 11.1 Å². The van der Waals surface area contributed by atoms with Gasteiger partial charge in [-0.1, -0.05) is 81.9 Å². The molecule has 21 heteroatoms. The Hall–Kier alpha value is -6.30. The number of carboxylic acids is 1. The van der Waals surface area contributed by atoms with Crippen LogP contribution in [0.25, 0.3) is 0 Å². The van der Waals surface area contributed by atoms with Crippen LogP contribution in [0.3, 0.4) is 0 Å². The molecule has 0 saturated carbocycles. The maximum atomic E-state index is 14.2. The Morgan fingerprint density at radius 1 is 0.595 bits per heavy atom. The zero-order chi connectivity index (χ0) is 59.9. The maximum absolute atomic E-state index is 14.2. The molecular weight excluding hydrogens is 1040 g/mol. The molecule has 3 aliphatic heterocycles. The van der Waals surface area contributed by atoms with Crippen LogP contribution >= 0.6 is 11.6 Å². The van der Waals surface area contributed by atoms with E-state index in [4.69, 9.17) is 61.7 Å². The van der Waals surface area contributed by atoms with Gasteiger partial charge in [0.2, 0.25) is 0 Å². The van der Waals surface area contributed by atoms with E-state index in [0.717, 1.165) is 16.4 Å². The summed E-state index contributed by atoms with van der Waals surface area (Å²) in [6, 6.07) is 31.4. The molecule has 0 aliphatic carbocycles. The number of nitrogens with two attached hydrogens (primary N) is 1. The van der Waals surface area contributed by atoms with Crippen LogP contribution in [0, 0.1) is 23.0 Å². The molecule has 5 aromatic rings. The number of anilines is 2. The third-order valence-electron chi connectivity index (χ3n) is 13.7. The standard InChI is InChI=1S/C20H23BFNO4.C13H16BClO3.C13H17BO4.C7H8FNO.C2H3N.C2H6.CH4/c1-19(2)20(3,4)27-21(26-19)14-11-9-13(10-12-14)18(24)23-15-7-6-8-16(25-5)17(15)22;2*1-12(2)13(3,4)18-14(17-12)10-7-5-9(6-8-10)11(15)16;1-10-6-4-2-3-5(9)7(6)8;1-2-3;1-2;/h6-12H,1-5H3,(H,23,24);5-8H,1-4H3;5-8H,1-4H3,(H,15,16);2-4H,9H2,1H3;1H3;1-2H3;1H4/i;;;;;1D;. The molecule has 79 heavy (non-hydrogen) atoms. The number of hydrogen-bond acceptors (Lipinski definition) is 13. The number of ether oxygens (including phenoxy) is 2. The Morgan fingerprint density at radius 3 is 1.18 bits per heavy atom. The molecule has 426 valence electrons. The monoisotopic (exact) mass is 1110 g/mol. The number of nitrogens with one attached hydrogen (secondary N) is 1. The molecule has 3 aliphatic rings. The van der Waals surface area contributed by atoms with Gasteiger partial charge in [-0.25, -0.2) is 13.6 Å². The van der Waals surface area contributed by atoms with Crippen molar-refractivity contribution in [1.82, 2.24) is 0 Å². The van der Waals surface area contributed by atoms with Crippen molar-refractivity contribution >= 4 is 77.8 Å². The fourth-order valence-corrected chi connectivity index (χ4v) is 7.05. The molecule has 0 bridgehead atoms. The fourth-order valence-electron chi connectivity index (χ4n) is 6.93. The number of benzene rings is 5. The van der Waals surface area contributed by atoms with E-state index in [2.05, 4.69) is 10.1 Å². The van der Waals surface area contributed by atoms with E-state index in [1.807, 2.05) is 83.1 Å². The molecule has 0 aromatic heterocycles. The van der Waals surface area contributed by atoms with Gasteiger partial charge < -0.3 is 53.6 Å². The van der Waals surface area contributed by atoms with Crippen LogP contribution in [0.5, 0.6) is 11.5 Å². The van der Waals surface area contributed by atoms with Gasteiger partial charge in [0.15, 0.2) is 23.1 Å². The lowest BCUT2D eigenvalue weighted by Crippen LogP contribution is -2.41. The van der Waals surface area contributed by atoms with Gasteiger partial charge in [0.1, 0.15) is 0 Å². The topological polar surface area (TPSA) is 207 Å². The van der Waals surface area contributed by atoms with Crippen LogP contribution in [-0.4, -0.2) is 91.4 Å². The summed E-state index contributed by atoms with van der Waals surface area (Å²) in [6.45, 7) is 27.6. The van der Waals surface area contributed by atoms with Gasteiger partial charge in [0.05, 0.1) is 70.8 Å². The summed E-state index contributed by atoms with van der Waals surface area (Å²) in [5.74, 6) is -2.20. The number of nitrogen functional groups attached to an aromatic ring is 1. The molecule has 4 N–H and O–H groups in total. The second-order valence-corrected chi connectivity index (χ2v) is 20.9. The number of nitrogens with zero attached hydrogens (tertiary/aromatic N) is 1. The van der Waals surface area contributed by atoms with Crippen LogP contribution in [0.15, 0.2) is 109 Å². The van der Waals surface area contributed by atoms with Crippen LogP contribution < -0.4 is 36.9 Å². The minimum absolute atomic E-state index is 0. The van der Waals surface area contributed by atoms with Crippen LogP contribution in [0.1, 0.15) is 144 Å². The van der Waals surface area contributed by atoms with E-state index in [9.17, 15) is 23.2 Å². The third-order valence-corrected chi connectivity index (χ3v) is 13.9. The lowest BCUT2D eigenvalue weighted by molar-refractivity contribution is 0.00578. The van der Waals surface area contributed by atoms with E-state index >= 15 is 0 Å². The predicted molar refractivity (Wildman–Crippen MR) is 311 cm³/mol. The molecule has 5 aromatic carbocycles. The average Bonchev–Trinajstić information content (AvgIpc) is 3.89. The lowest BCUT2D eigenvalue weighted by Gasteiger charge is -2.32. The first kappa shape index (κ1) is 67.0. The Labute approximate surface area is 473 Å². The number of nitriles is 1. The van der Waals surface area contributed by atoms with Crippen LogP contribution in [-0.2, 0) is 27.9 Å². The van der Waals surface area contributed by atoms with Crippen molar-refractivity contribution < 1.29 is 67.0 Å². The van der Waals surface area contributed by atoms with E-state index in [-0.39, 0.29) is 58.3 Å². The number of amides is 1. The molecule has 0 unspecified atom stereocenters. The third kappa shape index (κ3) is 17.6. The summed E-state index contributed by atoms with van der Waals surface area (Å²) in [5, 5.41) is 18.3. The summed E-state index contributed by atoms with van der Waals surface area (Å²) >= 11 is 5.40. The Kier molecular flexibility index (Phi) is 24.4. The summed E-state index contributed by atoms with van der Waals surface area (Å²) in [7, 11) is 1.42. The molecule has 0 spiro atoms. The zero-order valence-corrected chi connectivity index (χ0v) is 48.2. The number of aromatic carboxylic acids is 1. The molecule has 1 amide bonds. The summed E-state index contributed by atoms with van der Waals surface area (Å²) < 4.78 is 78.3. The predicted octanol–water partition coefficient (Wildman–Crippen LogP) is 11.0. The minimum Gasteiger partial charge on any atom is -0.494 e. The van der Waals surface area contributed by atoms with Crippen molar-refractivity contribution in [2.75, 3.05) is 25.3 Å². The highest BCUT2D eigenvalue weighted by molar-refractivity contribution is 6.68. The summed E-state index contributed by atoms with van der Waals surface area (Å²) in [6.07, 6.45) is 0. The summed E-state index contributed by atoms with van der Waals surface area (Å²) in [4.78, 5) is 34.2. The minimum atomic E-state index is -0.935. The van der Waals surface area contributed by atoms with Crippen molar-refractivity contribution in [3.8, 4) is 17.6 Å². The van der Waals surface area contributed by atoms with Crippen molar-refractivity contribution in [3.63, 3.8) is 0 Å². The van der Waals surface area contributed by atoms with Gasteiger partial charge in [-0.2, -0.15) is 5.26 Å². The highest BCUT2D eigenvalue weighted by atomic mass is 35.5. The van der Waals surface area contributed by atoms with Crippen LogP contribution in [0.2, 0.25) is 0 Å². The Balaban J connectivity index is 0.000000366. The zero-order valence-electron chi connectivity index (χ0n) is 48.4. The molecule has 0 atom stereocenters. The lowest BCUT2D eigenvalue weighted by atomic mass is 9.79. The average molecular weight is 1120 g/mol.